The fourth-order valence-corrected chi connectivity index (χ4v) is 2.71. The normalized spacial score (nSPS) is 11.1. The smallest absolute Gasteiger partial charge is 0.0145 e. The molecule has 0 aliphatic carbocycles. The first-order chi connectivity index (χ1) is 9.99. The molecule has 0 atom stereocenters. The molecular formula is C20H27N. The Morgan fingerprint density at radius 2 is 1.14 bits per heavy atom. The first-order valence-electron chi connectivity index (χ1n) is 7.79. The molecule has 21 heavy (non-hydrogen) atoms. The summed E-state index contributed by atoms with van der Waals surface area (Å²) >= 11 is 0. The van der Waals surface area contributed by atoms with Crippen LogP contribution in [0.25, 0.3) is 0 Å². The summed E-state index contributed by atoms with van der Waals surface area (Å²) in [6.07, 6.45) is 2.15. The van der Waals surface area contributed by atoms with E-state index in [2.05, 4.69) is 76.5 Å². The second-order valence-corrected chi connectivity index (χ2v) is 6.23. The molecule has 2 rings (SSSR count). The highest BCUT2D eigenvalue weighted by molar-refractivity contribution is 5.32. The number of likely N-dealkylation sites (N-methyl/N-ethyl adjacent to an activating group) is 1. The zero-order valence-electron chi connectivity index (χ0n) is 14.0. The largest absolute Gasteiger partial charge is 0.316 e. The molecule has 0 saturated carbocycles. The summed E-state index contributed by atoms with van der Waals surface area (Å²) in [7, 11) is 2.06. The van der Waals surface area contributed by atoms with Crippen LogP contribution in [0.5, 0.6) is 0 Å². The fraction of sp³-hybridized carbons (Fsp3) is 0.400. The molecule has 0 bridgehead atoms. The lowest BCUT2D eigenvalue weighted by Gasteiger charge is -2.18. The van der Waals surface area contributed by atoms with E-state index in [9.17, 15) is 0 Å². The van der Waals surface area contributed by atoms with Gasteiger partial charge in [0.2, 0.25) is 0 Å². The van der Waals surface area contributed by atoms with Crippen LogP contribution in [0.1, 0.15) is 33.4 Å². The van der Waals surface area contributed by atoms with Gasteiger partial charge < -0.3 is 5.32 Å². The van der Waals surface area contributed by atoms with Crippen molar-refractivity contribution in [1.29, 1.82) is 0 Å². The maximum Gasteiger partial charge on any atom is 0.0145 e. The Labute approximate surface area is 129 Å². The van der Waals surface area contributed by atoms with Gasteiger partial charge in [-0.2, -0.15) is 0 Å². The molecule has 2 aromatic rings. The Kier molecular flexibility index (Phi) is 5.19. The monoisotopic (exact) mass is 281 g/mol. The van der Waals surface area contributed by atoms with E-state index in [0.29, 0.717) is 6.04 Å². The molecule has 0 amide bonds. The molecule has 0 saturated heterocycles. The van der Waals surface area contributed by atoms with Crippen molar-refractivity contribution >= 4 is 0 Å². The fourth-order valence-electron chi connectivity index (χ4n) is 2.71. The van der Waals surface area contributed by atoms with Gasteiger partial charge in [-0.05, 0) is 81.0 Å². The summed E-state index contributed by atoms with van der Waals surface area (Å²) in [5.41, 5.74) is 8.34. The number of benzene rings is 2. The lowest BCUT2D eigenvalue weighted by Crippen LogP contribution is -2.30. The summed E-state index contributed by atoms with van der Waals surface area (Å²) in [6.45, 7) is 8.72. The van der Waals surface area contributed by atoms with Gasteiger partial charge in [0.25, 0.3) is 0 Å². The second kappa shape index (κ2) is 6.91. The number of rotatable bonds is 5. The average Bonchev–Trinajstić information content (AvgIpc) is 2.46. The molecule has 0 heterocycles. The number of hydrogen-bond acceptors (Lipinski definition) is 1. The van der Waals surface area contributed by atoms with Crippen molar-refractivity contribution in [2.75, 3.05) is 7.05 Å². The highest BCUT2D eigenvalue weighted by atomic mass is 14.9. The predicted octanol–water partition coefficient (Wildman–Crippen LogP) is 4.29. The number of hydrogen-bond donors (Lipinski definition) is 1. The number of nitrogens with one attached hydrogen (secondary N) is 1. The van der Waals surface area contributed by atoms with Crippen LogP contribution in [0.4, 0.5) is 0 Å². The van der Waals surface area contributed by atoms with Crippen LogP contribution in [-0.4, -0.2) is 13.1 Å². The first kappa shape index (κ1) is 15.8. The highest BCUT2D eigenvalue weighted by Gasteiger charge is 2.09. The van der Waals surface area contributed by atoms with E-state index in [4.69, 9.17) is 0 Å². The third kappa shape index (κ3) is 4.18. The van der Waals surface area contributed by atoms with Crippen molar-refractivity contribution < 1.29 is 0 Å². The Bertz CT molecular complexity index is 560. The molecule has 2 aromatic carbocycles. The van der Waals surface area contributed by atoms with E-state index < -0.39 is 0 Å². The number of aryl methyl sites for hydroxylation is 4. The van der Waals surface area contributed by atoms with Crippen LogP contribution >= 0.6 is 0 Å². The zero-order valence-corrected chi connectivity index (χ0v) is 14.0. The van der Waals surface area contributed by atoms with E-state index in [0.717, 1.165) is 12.8 Å². The molecule has 112 valence electrons. The lowest BCUT2D eigenvalue weighted by atomic mass is 9.95. The van der Waals surface area contributed by atoms with Crippen molar-refractivity contribution in [2.45, 2.75) is 46.6 Å². The molecular weight excluding hydrogens is 254 g/mol. The Balaban J connectivity index is 2.08. The van der Waals surface area contributed by atoms with Gasteiger partial charge in [0.15, 0.2) is 0 Å². The summed E-state index contributed by atoms with van der Waals surface area (Å²) in [6, 6.07) is 14.1. The van der Waals surface area contributed by atoms with Gasteiger partial charge in [0.05, 0.1) is 0 Å². The van der Waals surface area contributed by atoms with Crippen molar-refractivity contribution in [3.8, 4) is 0 Å². The summed E-state index contributed by atoms with van der Waals surface area (Å²) in [5.74, 6) is 0. The minimum absolute atomic E-state index is 0.481. The molecule has 0 unspecified atom stereocenters. The third-order valence-corrected chi connectivity index (χ3v) is 4.52. The average molecular weight is 281 g/mol. The maximum absolute atomic E-state index is 3.47. The van der Waals surface area contributed by atoms with E-state index in [-0.39, 0.29) is 0 Å². The highest BCUT2D eigenvalue weighted by Crippen LogP contribution is 2.15. The van der Waals surface area contributed by atoms with Crippen molar-refractivity contribution in [3.63, 3.8) is 0 Å². The Hall–Kier alpha value is -1.60. The lowest BCUT2D eigenvalue weighted by molar-refractivity contribution is 0.556. The molecule has 0 aromatic heterocycles. The molecule has 1 N–H and O–H groups in total. The van der Waals surface area contributed by atoms with Crippen molar-refractivity contribution in [1.82, 2.24) is 5.32 Å². The van der Waals surface area contributed by atoms with Gasteiger partial charge in [-0.15, -0.1) is 0 Å². The Morgan fingerprint density at radius 1 is 0.714 bits per heavy atom. The van der Waals surface area contributed by atoms with Crippen LogP contribution in [0, 0.1) is 27.7 Å². The van der Waals surface area contributed by atoms with Crippen molar-refractivity contribution in [3.05, 3.63) is 69.8 Å². The summed E-state index contributed by atoms with van der Waals surface area (Å²) in [4.78, 5) is 0. The maximum atomic E-state index is 3.47. The van der Waals surface area contributed by atoms with E-state index in [1.165, 1.54) is 33.4 Å². The Morgan fingerprint density at radius 3 is 1.48 bits per heavy atom. The van der Waals surface area contributed by atoms with Gasteiger partial charge in [-0.25, -0.2) is 0 Å². The topological polar surface area (TPSA) is 12.0 Å². The van der Waals surface area contributed by atoms with Crippen LogP contribution in [-0.2, 0) is 12.8 Å². The van der Waals surface area contributed by atoms with E-state index in [1.54, 1.807) is 0 Å². The summed E-state index contributed by atoms with van der Waals surface area (Å²) < 4.78 is 0. The van der Waals surface area contributed by atoms with Crippen LogP contribution in [0.2, 0.25) is 0 Å². The standard InChI is InChI=1S/C20H27N/c1-14-6-8-18(10-16(14)3)12-20(21-5)13-19-9-7-15(2)17(4)11-19/h6-11,20-21H,12-13H2,1-5H3. The van der Waals surface area contributed by atoms with Crippen LogP contribution in [0.3, 0.4) is 0 Å². The predicted molar refractivity (Wildman–Crippen MR) is 92.1 cm³/mol. The quantitative estimate of drug-likeness (QED) is 0.862. The molecule has 0 aliphatic rings. The molecule has 0 spiro atoms. The SMILES string of the molecule is CNC(Cc1ccc(C)c(C)c1)Cc1ccc(C)c(C)c1. The molecule has 0 radical (unpaired) electrons. The van der Waals surface area contributed by atoms with Gasteiger partial charge in [-0.1, -0.05) is 36.4 Å². The molecule has 0 aliphatic heterocycles. The van der Waals surface area contributed by atoms with Crippen LogP contribution < -0.4 is 5.32 Å². The van der Waals surface area contributed by atoms with Gasteiger partial charge >= 0.3 is 0 Å². The minimum Gasteiger partial charge on any atom is -0.316 e. The molecule has 1 nitrogen and oxygen atoms in total. The zero-order chi connectivity index (χ0) is 15.4. The van der Waals surface area contributed by atoms with Gasteiger partial charge in [0.1, 0.15) is 0 Å². The second-order valence-electron chi connectivity index (χ2n) is 6.23. The van der Waals surface area contributed by atoms with E-state index >= 15 is 0 Å². The van der Waals surface area contributed by atoms with Crippen LogP contribution in [0.15, 0.2) is 36.4 Å². The van der Waals surface area contributed by atoms with E-state index in [1.807, 2.05) is 0 Å². The summed E-state index contributed by atoms with van der Waals surface area (Å²) in [5, 5.41) is 3.47. The third-order valence-electron chi connectivity index (χ3n) is 4.52. The van der Waals surface area contributed by atoms with Gasteiger partial charge in [0, 0.05) is 6.04 Å². The van der Waals surface area contributed by atoms with Gasteiger partial charge in [-0.3, -0.25) is 0 Å². The van der Waals surface area contributed by atoms with Crippen molar-refractivity contribution in [2.24, 2.45) is 0 Å². The molecule has 0 fully saturated rings. The molecule has 1 heteroatoms. The minimum atomic E-state index is 0.481. The first-order valence-corrected chi connectivity index (χ1v) is 7.79.